The molecule has 1 aliphatic rings. The SMILES string of the molecule is CC(C(=O)O)C1CN(C(=O)c2ccccc2C(F)(F)F)C1. The first-order valence-electron chi connectivity index (χ1n) is 6.40. The number of aliphatic carboxylic acids is 1. The fourth-order valence-electron chi connectivity index (χ4n) is 2.28. The second kappa shape index (κ2) is 5.38. The molecule has 1 aliphatic heterocycles. The molecule has 1 aromatic rings. The van der Waals surface area contributed by atoms with Gasteiger partial charge in [-0.3, -0.25) is 9.59 Å². The summed E-state index contributed by atoms with van der Waals surface area (Å²) in [6.45, 7) is 1.86. The molecule has 7 heteroatoms. The van der Waals surface area contributed by atoms with Gasteiger partial charge < -0.3 is 10.0 Å². The van der Waals surface area contributed by atoms with Gasteiger partial charge in [-0.1, -0.05) is 19.1 Å². The van der Waals surface area contributed by atoms with Crippen molar-refractivity contribution in [2.24, 2.45) is 11.8 Å². The topological polar surface area (TPSA) is 57.6 Å². The summed E-state index contributed by atoms with van der Waals surface area (Å²) in [7, 11) is 0. The molecule has 0 saturated carbocycles. The molecule has 1 amide bonds. The Labute approximate surface area is 119 Å². The van der Waals surface area contributed by atoms with Gasteiger partial charge in [0.25, 0.3) is 5.91 Å². The summed E-state index contributed by atoms with van der Waals surface area (Å²) in [4.78, 5) is 24.2. The second-order valence-electron chi connectivity index (χ2n) is 5.14. The molecule has 0 spiro atoms. The van der Waals surface area contributed by atoms with E-state index in [1.807, 2.05) is 0 Å². The highest BCUT2D eigenvalue weighted by Gasteiger charge is 2.40. The highest BCUT2D eigenvalue weighted by Crippen LogP contribution is 2.34. The average Bonchev–Trinajstić information content (AvgIpc) is 2.35. The number of alkyl halides is 3. The van der Waals surface area contributed by atoms with Crippen LogP contribution in [0.1, 0.15) is 22.8 Å². The number of carboxylic acid groups (broad SMARTS) is 1. The number of hydrogen-bond donors (Lipinski definition) is 1. The third kappa shape index (κ3) is 3.01. The minimum Gasteiger partial charge on any atom is -0.481 e. The van der Waals surface area contributed by atoms with Gasteiger partial charge in [0.2, 0.25) is 0 Å². The quantitative estimate of drug-likeness (QED) is 0.933. The Bertz CT molecular complexity index is 565. The Morgan fingerprint density at radius 3 is 2.38 bits per heavy atom. The summed E-state index contributed by atoms with van der Waals surface area (Å²) in [5.41, 5.74) is -1.36. The van der Waals surface area contributed by atoms with Crippen LogP contribution in [0.5, 0.6) is 0 Å². The molecule has 1 saturated heterocycles. The van der Waals surface area contributed by atoms with Gasteiger partial charge in [-0.25, -0.2) is 0 Å². The van der Waals surface area contributed by atoms with Crippen molar-refractivity contribution < 1.29 is 27.9 Å². The normalized spacial score (nSPS) is 17.2. The van der Waals surface area contributed by atoms with Gasteiger partial charge in [-0.2, -0.15) is 13.2 Å². The lowest BCUT2D eigenvalue weighted by Gasteiger charge is -2.41. The second-order valence-corrected chi connectivity index (χ2v) is 5.14. The maximum Gasteiger partial charge on any atom is 0.417 e. The number of nitrogens with zero attached hydrogens (tertiary/aromatic N) is 1. The van der Waals surface area contributed by atoms with Crippen LogP contribution in [0.2, 0.25) is 0 Å². The lowest BCUT2D eigenvalue weighted by Crippen LogP contribution is -2.53. The molecule has 1 fully saturated rings. The van der Waals surface area contributed by atoms with Gasteiger partial charge in [0.15, 0.2) is 0 Å². The van der Waals surface area contributed by atoms with Crippen molar-refractivity contribution in [3.05, 3.63) is 35.4 Å². The van der Waals surface area contributed by atoms with Crippen LogP contribution in [-0.4, -0.2) is 35.0 Å². The van der Waals surface area contributed by atoms with Gasteiger partial charge in [-0.05, 0) is 12.1 Å². The van der Waals surface area contributed by atoms with Crippen LogP contribution in [0.25, 0.3) is 0 Å². The van der Waals surface area contributed by atoms with Crippen LogP contribution in [-0.2, 0) is 11.0 Å². The van der Waals surface area contributed by atoms with Crippen LogP contribution in [0.3, 0.4) is 0 Å². The van der Waals surface area contributed by atoms with Crippen LogP contribution in [0.15, 0.2) is 24.3 Å². The van der Waals surface area contributed by atoms with E-state index in [-0.39, 0.29) is 19.0 Å². The van der Waals surface area contributed by atoms with Gasteiger partial charge in [-0.15, -0.1) is 0 Å². The summed E-state index contributed by atoms with van der Waals surface area (Å²) in [5, 5.41) is 8.86. The van der Waals surface area contributed by atoms with Crippen molar-refractivity contribution in [2.45, 2.75) is 13.1 Å². The first-order chi connectivity index (χ1) is 9.71. The Kier molecular flexibility index (Phi) is 3.93. The highest BCUT2D eigenvalue weighted by atomic mass is 19.4. The zero-order chi connectivity index (χ0) is 15.8. The van der Waals surface area contributed by atoms with E-state index in [4.69, 9.17) is 5.11 Å². The van der Waals surface area contributed by atoms with Crippen molar-refractivity contribution in [1.82, 2.24) is 4.90 Å². The molecule has 1 aromatic carbocycles. The molecule has 0 aliphatic carbocycles. The van der Waals surface area contributed by atoms with E-state index in [0.29, 0.717) is 0 Å². The van der Waals surface area contributed by atoms with Crippen LogP contribution < -0.4 is 0 Å². The fourth-order valence-corrected chi connectivity index (χ4v) is 2.28. The number of benzene rings is 1. The zero-order valence-corrected chi connectivity index (χ0v) is 11.2. The van der Waals surface area contributed by atoms with Crippen molar-refractivity contribution >= 4 is 11.9 Å². The Morgan fingerprint density at radius 2 is 1.86 bits per heavy atom. The first kappa shape index (κ1) is 15.3. The number of carboxylic acids is 1. The van der Waals surface area contributed by atoms with E-state index in [1.165, 1.54) is 24.0 Å². The summed E-state index contributed by atoms with van der Waals surface area (Å²) in [6.07, 6.45) is -4.59. The molecular weight excluding hydrogens is 287 g/mol. The van der Waals surface area contributed by atoms with Gasteiger partial charge >= 0.3 is 12.1 Å². The molecule has 1 N–H and O–H groups in total. The predicted octanol–water partition coefficient (Wildman–Crippen LogP) is 2.50. The molecule has 1 atom stereocenters. The molecule has 114 valence electrons. The van der Waals surface area contributed by atoms with Crippen molar-refractivity contribution in [3.8, 4) is 0 Å². The van der Waals surface area contributed by atoms with Gasteiger partial charge in [0.05, 0.1) is 17.0 Å². The molecule has 21 heavy (non-hydrogen) atoms. The third-order valence-corrected chi connectivity index (χ3v) is 3.76. The Balaban J connectivity index is 2.12. The maximum atomic E-state index is 12.9. The number of hydrogen-bond acceptors (Lipinski definition) is 2. The van der Waals surface area contributed by atoms with E-state index in [9.17, 15) is 22.8 Å². The zero-order valence-electron chi connectivity index (χ0n) is 11.2. The standard InChI is InChI=1S/C14H14F3NO3/c1-8(13(20)21)9-6-18(7-9)12(19)10-4-2-3-5-11(10)14(15,16)17/h2-5,8-9H,6-7H2,1H3,(H,20,21). The monoisotopic (exact) mass is 301 g/mol. The Morgan fingerprint density at radius 1 is 1.29 bits per heavy atom. The summed E-state index contributed by atoms with van der Waals surface area (Å²) >= 11 is 0. The minimum absolute atomic E-state index is 0.165. The predicted molar refractivity (Wildman–Crippen MR) is 67.6 cm³/mol. The van der Waals surface area contributed by atoms with Crippen molar-refractivity contribution in [1.29, 1.82) is 0 Å². The lowest BCUT2D eigenvalue weighted by atomic mass is 9.86. The van der Waals surface area contributed by atoms with Crippen LogP contribution in [0.4, 0.5) is 13.2 Å². The average molecular weight is 301 g/mol. The number of amides is 1. The summed E-state index contributed by atoms with van der Waals surface area (Å²) in [5.74, 6) is -2.52. The molecule has 1 unspecified atom stereocenters. The first-order valence-corrected chi connectivity index (χ1v) is 6.40. The van der Waals surface area contributed by atoms with E-state index in [1.54, 1.807) is 0 Å². The van der Waals surface area contributed by atoms with E-state index in [0.717, 1.165) is 12.1 Å². The largest absolute Gasteiger partial charge is 0.481 e. The van der Waals surface area contributed by atoms with Gasteiger partial charge in [0.1, 0.15) is 0 Å². The number of halogens is 3. The third-order valence-electron chi connectivity index (χ3n) is 3.76. The van der Waals surface area contributed by atoms with Crippen LogP contribution >= 0.6 is 0 Å². The Hall–Kier alpha value is -2.05. The minimum atomic E-state index is -4.59. The van der Waals surface area contributed by atoms with E-state index >= 15 is 0 Å². The van der Waals surface area contributed by atoms with Crippen LogP contribution in [0, 0.1) is 11.8 Å². The maximum absolute atomic E-state index is 12.9. The smallest absolute Gasteiger partial charge is 0.417 e. The molecule has 4 nitrogen and oxygen atoms in total. The van der Waals surface area contributed by atoms with E-state index in [2.05, 4.69) is 0 Å². The number of carbonyl (C=O) groups excluding carboxylic acids is 1. The van der Waals surface area contributed by atoms with Crippen molar-refractivity contribution in [3.63, 3.8) is 0 Å². The number of likely N-dealkylation sites (tertiary alicyclic amines) is 1. The molecule has 0 aromatic heterocycles. The number of rotatable bonds is 3. The summed E-state index contributed by atoms with van der Waals surface area (Å²) < 4.78 is 38.6. The molecule has 0 bridgehead atoms. The van der Waals surface area contributed by atoms with Gasteiger partial charge in [0, 0.05) is 19.0 Å². The molecular formula is C14H14F3NO3. The molecule has 0 radical (unpaired) electrons. The van der Waals surface area contributed by atoms with Crippen molar-refractivity contribution in [2.75, 3.05) is 13.1 Å². The molecule has 1 heterocycles. The summed E-state index contributed by atoms with van der Waals surface area (Å²) in [6, 6.07) is 4.61. The number of carbonyl (C=O) groups is 2. The highest BCUT2D eigenvalue weighted by molar-refractivity contribution is 5.96. The molecule has 2 rings (SSSR count). The lowest BCUT2D eigenvalue weighted by molar-refractivity contribution is -0.144. The van der Waals surface area contributed by atoms with E-state index < -0.39 is 35.1 Å². The fraction of sp³-hybridized carbons (Fsp3) is 0.429.